The fourth-order valence-electron chi connectivity index (χ4n) is 5.06. The second kappa shape index (κ2) is 10.6. The average molecular weight is 607 g/mol. The lowest BCUT2D eigenvalue weighted by Gasteiger charge is -2.06. The van der Waals surface area contributed by atoms with E-state index in [9.17, 15) is 39.0 Å². The van der Waals surface area contributed by atoms with Gasteiger partial charge in [-0.25, -0.2) is 19.0 Å². The molecule has 4 N–H and O–H groups in total. The van der Waals surface area contributed by atoms with Gasteiger partial charge in [0.15, 0.2) is 0 Å². The Morgan fingerprint density at radius 3 is 1.33 bits per heavy atom. The molecule has 0 saturated carbocycles. The largest absolute Gasteiger partial charge is 0.478 e. The highest BCUT2D eigenvalue weighted by Gasteiger charge is 2.19. The number of carboxylic acids is 2. The lowest BCUT2D eigenvalue weighted by molar-refractivity contribution is 0.0686. The van der Waals surface area contributed by atoms with E-state index in [-0.39, 0.29) is 44.9 Å². The Labute approximate surface area is 250 Å². The topological polar surface area (TPSA) is 193 Å². The Morgan fingerprint density at radius 2 is 1.00 bits per heavy atom. The Morgan fingerprint density at radius 1 is 0.644 bits per heavy atom. The van der Waals surface area contributed by atoms with Crippen LogP contribution in [0.15, 0.2) is 85.6 Å². The van der Waals surface area contributed by atoms with Crippen molar-refractivity contribution in [1.29, 1.82) is 0 Å². The highest BCUT2D eigenvalue weighted by atomic mass is 16.4. The Bertz CT molecular complexity index is 2340. The summed E-state index contributed by atoms with van der Waals surface area (Å²) in [6, 6.07) is 13.4. The normalized spacial score (nSPS) is 11.1. The Balaban J connectivity index is 1.56. The molecule has 0 atom stereocenters. The lowest BCUT2D eigenvalue weighted by atomic mass is 10.2. The first kappa shape index (κ1) is 28.5. The number of nitrogens with one attached hydrogen (secondary N) is 2. The second-order valence-corrected chi connectivity index (χ2v) is 10.1. The molecule has 2 aromatic carbocycles. The first-order chi connectivity index (χ1) is 21.5. The van der Waals surface area contributed by atoms with Gasteiger partial charge < -0.3 is 20.2 Å². The van der Waals surface area contributed by atoms with Crippen molar-refractivity contribution in [3.63, 3.8) is 0 Å². The monoisotopic (exact) mass is 606 g/mol. The number of fused-ring (bicyclic) bond motifs is 2. The van der Waals surface area contributed by atoms with E-state index in [1.807, 2.05) is 0 Å². The summed E-state index contributed by atoms with van der Waals surface area (Å²) in [5, 5.41) is 18.5. The number of nitrogens with zero attached hydrogens (tertiary/aromatic N) is 4. The molecule has 0 unspecified atom stereocenters. The molecule has 6 aromatic rings. The first-order valence-corrected chi connectivity index (χ1v) is 13.3. The van der Waals surface area contributed by atoms with Crippen LogP contribution in [0.25, 0.3) is 34.8 Å². The molecule has 0 bridgehead atoms. The zero-order valence-corrected chi connectivity index (χ0v) is 23.6. The highest BCUT2D eigenvalue weighted by Crippen LogP contribution is 2.15. The third kappa shape index (κ3) is 4.73. The van der Waals surface area contributed by atoms with Crippen molar-refractivity contribution in [3.8, 4) is 11.4 Å². The Kier molecular flexibility index (Phi) is 6.68. The van der Waals surface area contributed by atoms with Gasteiger partial charge in [0.2, 0.25) is 0 Å². The van der Waals surface area contributed by atoms with Crippen LogP contribution in [-0.4, -0.2) is 50.5 Å². The van der Waals surface area contributed by atoms with Crippen molar-refractivity contribution >= 4 is 35.4 Å². The summed E-state index contributed by atoms with van der Waals surface area (Å²) in [4.78, 5) is 82.0. The molecule has 0 amide bonds. The molecule has 0 saturated heterocycles. The maximum atomic E-state index is 13.7. The summed E-state index contributed by atoms with van der Waals surface area (Å²) in [6.07, 6.45) is 2.58. The number of aryl methyl sites for hydroxylation is 2. The summed E-state index contributed by atoms with van der Waals surface area (Å²) in [5.74, 6) is -2.30. The van der Waals surface area contributed by atoms with Crippen molar-refractivity contribution in [1.82, 2.24) is 28.4 Å². The molecule has 0 aliphatic carbocycles. The van der Waals surface area contributed by atoms with Gasteiger partial charge in [-0.05, 0) is 74.5 Å². The molecule has 4 heterocycles. The number of hydrogen-bond acceptors (Lipinski definition) is 6. The van der Waals surface area contributed by atoms with Gasteiger partial charge in [0.25, 0.3) is 22.2 Å². The molecule has 14 nitrogen and oxygen atoms in total. The third-order valence-electron chi connectivity index (χ3n) is 7.08. The molecule has 0 radical (unpaired) electrons. The van der Waals surface area contributed by atoms with Gasteiger partial charge in [0.1, 0.15) is 11.3 Å². The molecule has 6 rings (SSSR count). The number of hydrogen-bond donors (Lipinski definition) is 4. The zero-order valence-electron chi connectivity index (χ0n) is 23.6. The smallest absolute Gasteiger partial charge is 0.335 e. The van der Waals surface area contributed by atoms with E-state index in [1.54, 1.807) is 13.8 Å². The molecule has 0 fully saturated rings. The Hall–Kier alpha value is -6.66. The van der Waals surface area contributed by atoms with E-state index in [0.29, 0.717) is 11.4 Å². The van der Waals surface area contributed by atoms with Gasteiger partial charge in [0, 0.05) is 23.5 Å². The number of aromatic nitrogens is 6. The minimum Gasteiger partial charge on any atom is -0.478 e. The molecule has 0 aliphatic rings. The fraction of sp³-hybridized carbons (Fsp3) is 0.0645. The van der Waals surface area contributed by atoms with Crippen LogP contribution in [0.2, 0.25) is 0 Å². The van der Waals surface area contributed by atoms with Crippen LogP contribution in [0.5, 0.6) is 0 Å². The average Bonchev–Trinajstić information content (AvgIpc) is 3.43. The quantitative estimate of drug-likeness (QED) is 0.207. The SMILES string of the molecule is Cc1cc(=O)n2c([nH]1)c(C=C=Cc1c(=O)n(-c3ccc(C(=O)O)cc3)n3c(=O)cc(C)[nH]c13)c(=O)n2-c1ccc(C(=O)O)cc1. The lowest BCUT2D eigenvalue weighted by Crippen LogP contribution is -2.26. The number of carboxylic acid groups (broad SMARTS) is 2. The molecule has 4 aromatic heterocycles. The van der Waals surface area contributed by atoms with Crippen LogP contribution in [0, 0.1) is 13.8 Å². The molecular formula is C31H22N6O8. The van der Waals surface area contributed by atoms with Gasteiger partial charge in [-0.2, -0.15) is 9.03 Å². The van der Waals surface area contributed by atoms with Gasteiger partial charge >= 0.3 is 11.9 Å². The predicted molar refractivity (Wildman–Crippen MR) is 163 cm³/mol. The van der Waals surface area contributed by atoms with E-state index in [4.69, 9.17) is 0 Å². The first-order valence-electron chi connectivity index (χ1n) is 13.3. The van der Waals surface area contributed by atoms with E-state index in [0.717, 1.165) is 18.4 Å². The van der Waals surface area contributed by atoms with Gasteiger partial charge in [0.05, 0.1) is 33.6 Å². The maximum absolute atomic E-state index is 13.7. The van der Waals surface area contributed by atoms with Crippen LogP contribution < -0.4 is 22.2 Å². The molecule has 14 heteroatoms. The highest BCUT2D eigenvalue weighted by molar-refractivity contribution is 5.88. The molecular weight excluding hydrogens is 584 g/mol. The standard InChI is InChI=1S/C31H22N6O8/c1-16-14-24(38)36-26(32-16)22(28(40)34(36)20-10-6-18(7-11-20)30(42)43)4-3-5-23-27-33-17(2)15-25(39)37(27)35(29(23)41)21-12-8-19(9-13-21)31(44)45/h4-15,32-33H,1-2H3,(H,42,43)(H,44,45). The van der Waals surface area contributed by atoms with E-state index in [1.165, 1.54) is 72.8 Å². The van der Waals surface area contributed by atoms with Crippen molar-refractivity contribution in [2.75, 3.05) is 0 Å². The molecule has 0 aliphatic heterocycles. The summed E-state index contributed by atoms with van der Waals surface area (Å²) < 4.78 is 4.41. The number of H-pyrrole nitrogens is 2. The number of benzene rings is 2. The van der Waals surface area contributed by atoms with E-state index < -0.39 is 34.2 Å². The van der Waals surface area contributed by atoms with Gasteiger partial charge in [-0.3, -0.25) is 19.2 Å². The minimum atomic E-state index is -1.15. The number of rotatable bonds is 6. The van der Waals surface area contributed by atoms with Gasteiger partial charge in [-0.15, -0.1) is 5.73 Å². The van der Waals surface area contributed by atoms with Crippen LogP contribution in [-0.2, 0) is 0 Å². The van der Waals surface area contributed by atoms with Crippen molar-refractivity contribution < 1.29 is 19.8 Å². The molecule has 224 valence electrons. The number of aromatic carboxylic acids is 2. The fourth-order valence-corrected chi connectivity index (χ4v) is 5.06. The maximum Gasteiger partial charge on any atom is 0.335 e. The van der Waals surface area contributed by atoms with Crippen molar-refractivity contribution in [2.24, 2.45) is 0 Å². The van der Waals surface area contributed by atoms with E-state index in [2.05, 4.69) is 15.7 Å². The molecule has 0 spiro atoms. The van der Waals surface area contributed by atoms with Crippen molar-refractivity contribution in [3.05, 3.63) is 141 Å². The minimum absolute atomic E-state index is 0.00276. The summed E-state index contributed by atoms with van der Waals surface area (Å²) >= 11 is 0. The van der Waals surface area contributed by atoms with Crippen molar-refractivity contribution in [2.45, 2.75) is 13.8 Å². The summed E-state index contributed by atoms with van der Waals surface area (Å²) in [7, 11) is 0. The van der Waals surface area contributed by atoms with E-state index >= 15 is 0 Å². The van der Waals surface area contributed by atoms with Crippen LogP contribution in [0.4, 0.5) is 0 Å². The second-order valence-electron chi connectivity index (χ2n) is 10.1. The number of aromatic amines is 2. The predicted octanol–water partition coefficient (Wildman–Crippen LogP) is 2.21. The van der Waals surface area contributed by atoms with Crippen LogP contribution in [0.3, 0.4) is 0 Å². The molecule has 45 heavy (non-hydrogen) atoms. The summed E-state index contributed by atoms with van der Waals surface area (Å²) in [6.45, 7) is 3.29. The third-order valence-corrected chi connectivity index (χ3v) is 7.08. The van der Waals surface area contributed by atoms with Gasteiger partial charge in [-0.1, -0.05) is 0 Å². The van der Waals surface area contributed by atoms with Crippen LogP contribution in [0.1, 0.15) is 43.2 Å². The van der Waals surface area contributed by atoms with Crippen LogP contribution >= 0.6 is 0 Å². The zero-order chi connectivity index (χ0) is 32.2. The summed E-state index contributed by atoms with van der Waals surface area (Å²) in [5.41, 5.74) is 2.27. The number of carbonyl (C=O) groups is 2.